The summed E-state index contributed by atoms with van der Waals surface area (Å²) in [5.41, 5.74) is 2.14. The number of rotatable bonds is 4. The molecule has 1 N–H and O–H groups in total. The number of amides is 1. The molecule has 0 saturated carbocycles. The Hall–Kier alpha value is -2.30. The second-order valence-corrected chi connectivity index (χ2v) is 6.60. The molecule has 3 rings (SSSR count). The summed E-state index contributed by atoms with van der Waals surface area (Å²) in [4.78, 5) is 24.4. The Balaban J connectivity index is 1.80. The van der Waals surface area contributed by atoms with Crippen molar-refractivity contribution < 1.29 is 9.59 Å². The van der Waals surface area contributed by atoms with Crippen molar-refractivity contribution in [1.82, 2.24) is 9.88 Å². The average Bonchev–Trinajstić information content (AvgIpc) is 2.93. The fourth-order valence-electron chi connectivity index (χ4n) is 2.75. The van der Waals surface area contributed by atoms with E-state index in [1.54, 1.807) is 24.4 Å². The third-order valence-corrected chi connectivity index (χ3v) is 4.41. The van der Waals surface area contributed by atoms with E-state index in [0.717, 1.165) is 5.56 Å². The van der Waals surface area contributed by atoms with E-state index >= 15 is 0 Å². The van der Waals surface area contributed by atoms with Crippen molar-refractivity contribution >= 4 is 45.9 Å². The third kappa shape index (κ3) is 3.86. The normalized spacial score (nSPS) is 10.8. The number of nitrogens with zero attached hydrogens (tertiary/aromatic N) is 1. The Bertz CT molecular complexity index is 963. The first-order chi connectivity index (χ1) is 12.0. The Morgan fingerprint density at radius 1 is 1.08 bits per heavy atom. The Morgan fingerprint density at radius 2 is 1.84 bits per heavy atom. The highest BCUT2D eigenvalue weighted by Gasteiger charge is 2.17. The van der Waals surface area contributed by atoms with Gasteiger partial charge < -0.3 is 5.32 Å². The third-order valence-electron chi connectivity index (χ3n) is 3.94. The second kappa shape index (κ2) is 7.30. The molecule has 0 fully saturated rings. The fraction of sp³-hybridized carbons (Fsp3) is 0.158. The van der Waals surface area contributed by atoms with Crippen LogP contribution in [0, 0.1) is 0 Å². The molecule has 1 aromatic heterocycles. The van der Waals surface area contributed by atoms with Crippen LogP contribution < -0.4 is 5.32 Å². The molecule has 3 aromatic rings. The Kier molecular flexibility index (Phi) is 5.11. The zero-order valence-corrected chi connectivity index (χ0v) is 15.1. The van der Waals surface area contributed by atoms with Crippen LogP contribution in [0.5, 0.6) is 0 Å². The topological polar surface area (TPSA) is 51.1 Å². The molecule has 0 aliphatic carbocycles. The summed E-state index contributed by atoms with van der Waals surface area (Å²) in [7, 11) is 0. The number of hydrogen-bond acceptors (Lipinski definition) is 2. The lowest BCUT2D eigenvalue weighted by molar-refractivity contribution is 0.0941. The quantitative estimate of drug-likeness (QED) is 0.726. The molecule has 1 amide bonds. The molecule has 25 heavy (non-hydrogen) atoms. The molecule has 0 saturated heterocycles. The summed E-state index contributed by atoms with van der Waals surface area (Å²) in [6.45, 7) is 1.92. The lowest BCUT2D eigenvalue weighted by Gasteiger charge is -2.05. The number of halogens is 2. The van der Waals surface area contributed by atoms with Crippen molar-refractivity contribution in [3.63, 3.8) is 0 Å². The van der Waals surface area contributed by atoms with Crippen molar-refractivity contribution in [2.45, 2.75) is 13.3 Å². The van der Waals surface area contributed by atoms with Gasteiger partial charge in [0.2, 0.25) is 5.91 Å². The summed E-state index contributed by atoms with van der Waals surface area (Å²) in [6.07, 6.45) is 2.22. The molecule has 0 atom stereocenters. The predicted octanol–water partition coefficient (Wildman–Crippen LogP) is 4.58. The van der Waals surface area contributed by atoms with Crippen LogP contribution in [0.1, 0.15) is 27.6 Å². The predicted molar refractivity (Wildman–Crippen MR) is 101 cm³/mol. The molecule has 0 unspecified atom stereocenters. The minimum Gasteiger partial charge on any atom is -0.352 e. The molecular weight excluding hydrogens is 359 g/mol. The monoisotopic (exact) mass is 374 g/mol. The van der Waals surface area contributed by atoms with E-state index in [-0.39, 0.29) is 11.8 Å². The molecule has 128 valence electrons. The van der Waals surface area contributed by atoms with E-state index in [9.17, 15) is 9.59 Å². The van der Waals surface area contributed by atoms with Gasteiger partial charge in [-0.2, -0.15) is 0 Å². The largest absolute Gasteiger partial charge is 0.352 e. The standard InChI is InChI=1S/C19H16Cl2N2O2/c1-12(24)23-11-17(16-10-15(21)5-6-18(16)23)19(25)22-8-7-13-3-2-4-14(20)9-13/h2-6,9-11H,7-8H2,1H3,(H,22,25). The first kappa shape index (κ1) is 17.5. The molecule has 0 aliphatic heterocycles. The minimum atomic E-state index is -0.241. The van der Waals surface area contributed by atoms with Crippen LogP contribution >= 0.6 is 23.2 Å². The van der Waals surface area contributed by atoms with E-state index in [2.05, 4.69) is 5.32 Å². The highest BCUT2D eigenvalue weighted by molar-refractivity contribution is 6.31. The summed E-state index contributed by atoms with van der Waals surface area (Å²) in [5, 5.41) is 4.72. The zero-order chi connectivity index (χ0) is 18.0. The lowest BCUT2D eigenvalue weighted by Crippen LogP contribution is -2.25. The van der Waals surface area contributed by atoms with Crippen molar-refractivity contribution in [2.24, 2.45) is 0 Å². The van der Waals surface area contributed by atoms with Gasteiger partial charge in [-0.05, 0) is 42.3 Å². The molecule has 4 nitrogen and oxygen atoms in total. The summed E-state index contributed by atoms with van der Waals surface area (Å²) < 4.78 is 1.46. The van der Waals surface area contributed by atoms with Gasteiger partial charge in [-0.15, -0.1) is 0 Å². The van der Waals surface area contributed by atoms with Crippen LogP contribution in [0.15, 0.2) is 48.7 Å². The van der Waals surface area contributed by atoms with Gasteiger partial charge in [0.15, 0.2) is 0 Å². The zero-order valence-electron chi connectivity index (χ0n) is 13.6. The van der Waals surface area contributed by atoms with E-state index in [4.69, 9.17) is 23.2 Å². The van der Waals surface area contributed by atoms with Gasteiger partial charge in [-0.3, -0.25) is 14.2 Å². The lowest BCUT2D eigenvalue weighted by atomic mass is 10.1. The van der Waals surface area contributed by atoms with E-state index < -0.39 is 0 Å². The number of aromatic nitrogens is 1. The highest BCUT2D eigenvalue weighted by Crippen LogP contribution is 2.25. The minimum absolute atomic E-state index is 0.162. The van der Waals surface area contributed by atoms with Gasteiger partial charge in [0.1, 0.15) is 0 Å². The number of nitrogens with one attached hydrogen (secondary N) is 1. The Morgan fingerprint density at radius 3 is 2.56 bits per heavy atom. The van der Waals surface area contributed by atoms with Crippen LogP contribution in [0.2, 0.25) is 10.0 Å². The molecule has 0 aliphatic rings. The highest BCUT2D eigenvalue weighted by atomic mass is 35.5. The molecular formula is C19H16Cl2N2O2. The van der Waals surface area contributed by atoms with Crippen LogP contribution in [0.3, 0.4) is 0 Å². The van der Waals surface area contributed by atoms with Crippen LogP contribution in [0.25, 0.3) is 10.9 Å². The van der Waals surface area contributed by atoms with E-state index in [1.807, 2.05) is 24.3 Å². The van der Waals surface area contributed by atoms with Gasteiger partial charge in [-0.1, -0.05) is 35.3 Å². The summed E-state index contributed by atoms with van der Waals surface area (Å²) in [6, 6.07) is 12.6. The smallest absolute Gasteiger partial charge is 0.253 e. The van der Waals surface area contributed by atoms with Gasteiger partial charge >= 0.3 is 0 Å². The first-order valence-electron chi connectivity index (χ1n) is 7.80. The first-order valence-corrected chi connectivity index (χ1v) is 8.55. The fourth-order valence-corrected chi connectivity index (χ4v) is 3.14. The van der Waals surface area contributed by atoms with E-state index in [0.29, 0.717) is 39.5 Å². The number of carbonyl (C=O) groups excluding carboxylic acids is 2. The molecule has 0 bridgehead atoms. The second-order valence-electron chi connectivity index (χ2n) is 5.73. The average molecular weight is 375 g/mol. The molecule has 0 radical (unpaired) electrons. The van der Waals surface area contributed by atoms with Gasteiger partial charge in [0.25, 0.3) is 5.91 Å². The Labute approximate surface area is 155 Å². The maximum absolute atomic E-state index is 12.6. The number of carbonyl (C=O) groups is 2. The molecule has 2 aromatic carbocycles. The van der Waals surface area contributed by atoms with Crippen molar-refractivity contribution in [3.8, 4) is 0 Å². The number of fused-ring (bicyclic) bond motifs is 1. The maximum Gasteiger partial charge on any atom is 0.253 e. The van der Waals surface area contributed by atoms with Gasteiger partial charge in [-0.25, -0.2) is 0 Å². The van der Waals surface area contributed by atoms with Crippen molar-refractivity contribution in [2.75, 3.05) is 6.54 Å². The maximum atomic E-state index is 12.6. The number of benzene rings is 2. The molecule has 0 spiro atoms. The van der Waals surface area contributed by atoms with Crippen LogP contribution in [0.4, 0.5) is 0 Å². The summed E-state index contributed by atoms with van der Waals surface area (Å²) in [5.74, 6) is -0.403. The van der Waals surface area contributed by atoms with Crippen LogP contribution in [-0.2, 0) is 6.42 Å². The van der Waals surface area contributed by atoms with Crippen molar-refractivity contribution in [1.29, 1.82) is 0 Å². The summed E-state index contributed by atoms with van der Waals surface area (Å²) >= 11 is 12.0. The van der Waals surface area contributed by atoms with Gasteiger partial charge in [0, 0.05) is 35.1 Å². The van der Waals surface area contributed by atoms with Crippen LogP contribution in [-0.4, -0.2) is 22.9 Å². The SMILES string of the molecule is CC(=O)n1cc(C(=O)NCCc2cccc(Cl)c2)c2cc(Cl)ccc21. The van der Waals surface area contributed by atoms with E-state index in [1.165, 1.54) is 11.5 Å². The molecule has 1 heterocycles. The molecule has 6 heteroatoms. The number of hydrogen-bond donors (Lipinski definition) is 1. The van der Waals surface area contributed by atoms with Gasteiger partial charge in [0.05, 0.1) is 11.1 Å². The van der Waals surface area contributed by atoms with Crippen molar-refractivity contribution in [3.05, 3.63) is 69.8 Å².